The highest BCUT2D eigenvalue weighted by molar-refractivity contribution is 8.26. The summed E-state index contributed by atoms with van der Waals surface area (Å²) < 4.78 is 6.17. The lowest BCUT2D eigenvalue weighted by Crippen LogP contribution is -2.30. The van der Waals surface area contributed by atoms with Gasteiger partial charge in [0.15, 0.2) is 0 Å². The van der Waals surface area contributed by atoms with E-state index < -0.39 is 5.97 Å². The van der Waals surface area contributed by atoms with Crippen molar-refractivity contribution in [2.45, 2.75) is 20.0 Å². The molecule has 1 heterocycles. The lowest BCUT2D eigenvalue weighted by molar-refractivity contribution is -0.137. The molecule has 0 bridgehead atoms. The van der Waals surface area contributed by atoms with Crippen LogP contribution in [0.1, 0.15) is 23.1 Å². The molecule has 0 aliphatic carbocycles. The Balaban J connectivity index is 1.61. The van der Waals surface area contributed by atoms with Gasteiger partial charge in [-0.15, -0.1) is 0 Å². The van der Waals surface area contributed by atoms with Crippen molar-refractivity contribution in [2.24, 2.45) is 0 Å². The number of nitrogens with zero attached hydrogens (tertiary/aromatic N) is 1. The second-order valence-corrected chi connectivity index (χ2v) is 8.00. The predicted octanol–water partition coefficient (Wildman–Crippen LogP) is 4.25. The number of carbonyl (C=O) groups is 2. The lowest BCUT2D eigenvalue weighted by atomic mass is 10.1. The zero-order valence-corrected chi connectivity index (χ0v) is 16.9. The van der Waals surface area contributed by atoms with Crippen LogP contribution in [0.3, 0.4) is 0 Å². The Labute approximate surface area is 173 Å². The van der Waals surface area contributed by atoms with Gasteiger partial charge in [-0.25, -0.2) is 0 Å². The van der Waals surface area contributed by atoms with Crippen molar-refractivity contribution in [3.05, 3.63) is 70.1 Å². The van der Waals surface area contributed by atoms with Crippen molar-refractivity contribution in [1.29, 1.82) is 0 Å². The molecule has 144 valence electrons. The summed E-state index contributed by atoms with van der Waals surface area (Å²) in [5.41, 5.74) is 3.16. The SMILES string of the molecule is Cc1ccc(COc2ccc(C=C3SC(=S)N(CCC(=O)O)C3=O)cc2)cc1. The Bertz CT molecular complexity index is 920. The minimum Gasteiger partial charge on any atom is -0.489 e. The van der Waals surface area contributed by atoms with Crippen LogP contribution >= 0.6 is 24.0 Å². The van der Waals surface area contributed by atoms with Gasteiger partial charge in [0.25, 0.3) is 5.91 Å². The van der Waals surface area contributed by atoms with E-state index in [9.17, 15) is 9.59 Å². The number of carboxylic acid groups (broad SMARTS) is 1. The first-order chi connectivity index (χ1) is 13.4. The molecule has 28 heavy (non-hydrogen) atoms. The summed E-state index contributed by atoms with van der Waals surface area (Å²) >= 11 is 6.37. The average Bonchev–Trinajstić information content (AvgIpc) is 2.93. The van der Waals surface area contributed by atoms with E-state index in [0.717, 1.165) is 16.9 Å². The minimum atomic E-state index is -0.959. The second kappa shape index (κ2) is 9.03. The standard InChI is InChI=1S/C21H19NO4S2/c1-14-2-4-16(5-3-14)13-26-17-8-6-15(7-9-17)12-18-20(25)22(21(27)28-18)11-10-19(23)24/h2-9,12H,10-11,13H2,1H3,(H,23,24). The fraction of sp³-hybridized carbons (Fsp3) is 0.190. The number of benzene rings is 2. The minimum absolute atomic E-state index is 0.0864. The normalized spacial score (nSPS) is 15.3. The van der Waals surface area contributed by atoms with E-state index >= 15 is 0 Å². The highest BCUT2D eigenvalue weighted by Crippen LogP contribution is 2.32. The number of rotatable bonds is 7. The second-order valence-electron chi connectivity index (χ2n) is 6.32. The lowest BCUT2D eigenvalue weighted by Gasteiger charge is -2.12. The van der Waals surface area contributed by atoms with Crippen molar-refractivity contribution >= 4 is 46.3 Å². The number of hydrogen-bond acceptors (Lipinski definition) is 5. The van der Waals surface area contributed by atoms with Crippen molar-refractivity contribution in [3.8, 4) is 5.75 Å². The first-order valence-corrected chi connectivity index (χ1v) is 9.90. The molecular weight excluding hydrogens is 394 g/mol. The van der Waals surface area contributed by atoms with E-state index in [2.05, 4.69) is 12.1 Å². The van der Waals surface area contributed by atoms with Crippen LogP contribution in [0.5, 0.6) is 5.75 Å². The quantitative estimate of drug-likeness (QED) is 0.541. The summed E-state index contributed by atoms with van der Waals surface area (Å²) in [5.74, 6) is -0.470. The third kappa shape index (κ3) is 5.21. The fourth-order valence-electron chi connectivity index (χ4n) is 2.56. The monoisotopic (exact) mass is 413 g/mol. The largest absolute Gasteiger partial charge is 0.489 e. The number of aryl methyl sites for hydroxylation is 1. The number of amides is 1. The smallest absolute Gasteiger partial charge is 0.305 e. The Hall–Kier alpha value is -2.64. The molecule has 0 atom stereocenters. The number of carboxylic acids is 1. The van der Waals surface area contributed by atoms with Gasteiger partial charge in [0, 0.05) is 6.54 Å². The molecular formula is C21H19NO4S2. The number of carbonyl (C=O) groups excluding carboxylic acids is 1. The summed E-state index contributed by atoms with van der Waals surface area (Å²) in [5, 5.41) is 8.79. The van der Waals surface area contributed by atoms with Crippen molar-refractivity contribution in [3.63, 3.8) is 0 Å². The van der Waals surface area contributed by atoms with Crippen LogP contribution in [0.25, 0.3) is 6.08 Å². The van der Waals surface area contributed by atoms with Crippen molar-refractivity contribution in [2.75, 3.05) is 6.54 Å². The van der Waals surface area contributed by atoms with Crippen LogP contribution in [0.2, 0.25) is 0 Å². The fourth-order valence-corrected chi connectivity index (χ4v) is 3.87. The van der Waals surface area contributed by atoms with E-state index in [4.69, 9.17) is 22.1 Å². The molecule has 0 radical (unpaired) electrons. The molecule has 1 saturated heterocycles. The maximum atomic E-state index is 12.4. The molecule has 0 spiro atoms. The number of hydrogen-bond donors (Lipinski definition) is 1. The predicted molar refractivity (Wildman–Crippen MR) is 114 cm³/mol. The molecule has 2 aromatic carbocycles. The zero-order valence-electron chi connectivity index (χ0n) is 15.3. The molecule has 1 fully saturated rings. The molecule has 3 rings (SSSR count). The van der Waals surface area contributed by atoms with Crippen LogP contribution < -0.4 is 4.74 Å². The summed E-state index contributed by atoms with van der Waals surface area (Å²) in [4.78, 5) is 25.0. The van der Waals surface area contributed by atoms with Crippen LogP contribution in [0.4, 0.5) is 0 Å². The summed E-state index contributed by atoms with van der Waals surface area (Å²) in [6.07, 6.45) is 1.62. The first-order valence-electron chi connectivity index (χ1n) is 8.68. The van der Waals surface area contributed by atoms with Gasteiger partial charge < -0.3 is 9.84 Å². The van der Waals surface area contributed by atoms with Gasteiger partial charge in [0.2, 0.25) is 0 Å². The Kier molecular flexibility index (Phi) is 6.49. The van der Waals surface area contributed by atoms with Gasteiger partial charge >= 0.3 is 5.97 Å². The van der Waals surface area contributed by atoms with Gasteiger partial charge in [-0.2, -0.15) is 0 Å². The Morgan fingerprint density at radius 1 is 1.18 bits per heavy atom. The average molecular weight is 414 g/mol. The van der Waals surface area contributed by atoms with Crippen LogP contribution in [-0.4, -0.2) is 32.7 Å². The molecule has 1 aliphatic rings. The van der Waals surface area contributed by atoms with Gasteiger partial charge in [0.05, 0.1) is 11.3 Å². The van der Waals surface area contributed by atoms with Crippen LogP contribution in [0, 0.1) is 6.92 Å². The molecule has 1 N–H and O–H groups in total. The Morgan fingerprint density at radius 2 is 1.86 bits per heavy atom. The third-order valence-electron chi connectivity index (χ3n) is 4.13. The summed E-state index contributed by atoms with van der Waals surface area (Å²) in [6.45, 7) is 2.62. The molecule has 7 heteroatoms. The van der Waals surface area contributed by atoms with Crippen LogP contribution in [0.15, 0.2) is 53.4 Å². The highest BCUT2D eigenvalue weighted by Gasteiger charge is 2.31. The maximum absolute atomic E-state index is 12.4. The molecule has 2 aromatic rings. The molecule has 5 nitrogen and oxygen atoms in total. The first kappa shape index (κ1) is 20.1. The molecule has 1 amide bonds. The van der Waals surface area contributed by atoms with Gasteiger partial charge in [-0.05, 0) is 36.3 Å². The van der Waals surface area contributed by atoms with Crippen molar-refractivity contribution < 1.29 is 19.4 Å². The number of ether oxygens (including phenoxy) is 1. The summed E-state index contributed by atoms with van der Waals surface area (Å²) in [7, 11) is 0. The van der Waals surface area contributed by atoms with Crippen molar-refractivity contribution in [1.82, 2.24) is 4.90 Å². The van der Waals surface area contributed by atoms with Gasteiger partial charge in [-0.3, -0.25) is 14.5 Å². The van der Waals surface area contributed by atoms with E-state index in [1.807, 2.05) is 43.3 Å². The number of thiocarbonyl (C=S) groups is 1. The number of aliphatic carboxylic acids is 1. The van der Waals surface area contributed by atoms with Gasteiger partial charge in [0.1, 0.15) is 16.7 Å². The van der Waals surface area contributed by atoms with E-state index in [1.54, 1.807) is 6.08 Å². The molecule has 0 unspecified atom stereocenters. The van der Waals surface area contributed by atoms with E-state index in [1.165, 1.54) is 22.2 Å². The number of thioether (sulfide) groups is 1. The molecule has 1 aliphatic heterocycles. The molecule has 0 saturated carbocycles. The molecule has 0 aromatic heterocycles. The van der Waals surface area contributed by atoms with E-state index in [0.29, 0.717) is 15.8 Å². The maximum Gasteiger partial charge on any atom is 0.305 e. The highest BCUT2D eigenvalue weighted by atomic mass is 32.2. The topological polar surface area (TPSA) is 66.8 Å². The van der Waals surface area contributed by atoms with E-state index in [-0.39, 0.29) is 18.9 Å². The Morgan fingerprint density at radius 3 is 2.50 bits per heavy atom. The zero-order chi connectivity index (χ0) is 20.1. The third-order valence-corrected chi connectivity index (χ3v) is 5.50. The van der Waals surface area contributed by atoms with Gasteiger partial charge in [-0.1, -0.05) is 65.9 Å². The van der Waals surface area contributed by atoms with Crippen LogP contribution in [-0.2, 0) is 16.2 Å². The summed E-state index contributed by atoms with van der Waals surface area (Å²) in [6, 6.07) is 15.6.